The van der Waals surface area contributed by atoms with E-state index in [9.17, 15) is 0 Å². The highest BCUT2D eigenvalue weighted by atomic mass is 15.1. The summed E-state index contributed by atoms with van der Waals surface area (Å²) in [6.07, 6.45) is 3.62. The Hall–Kier alpha value is -1.32. The van der Waals surface area contributed by atoms with Gasteiger partial charge in [0.25, 0.3) is 0 Å². The Labute approximate surface area is 122 Å². The molecule has 2 rings (SSSR count). The van der Waals surface area contributed by atoms with Crippen LogP contribution in [0.1, 0.15) is 64.3 Å². The second-order valence-electron chi connectivity index (χ2n) is 6.14. The monoisotopic (exact) mass is 276 g/mol. The molecule has 112 valence electrons. The standard InChI is InChI=1S/C16H28N4/c1-6-8-17-15-11(5)16(18-13-9-12(13)7-2)20-14(19-15)10(3)4/h10,12-13H,6-9H2,1-5H3,(H2,17,18,19,20). The van der Waals surface area contributed by atoms with Gasteiger partial charge in [-0.05, 0) is 25.7 Å². The Morgan fingerprint density at radius 3 is 2.45 bits per heavy atom. The SMILES string of the molecule is CCCNc1nc(C(C)C)nc(NC2CC2CC)c1C. The van der Waals surface area contributed by atoms with Crippen LogP contribution in [0.25, 0.3) is 0 Å². The Morgan fingerprint density at radius 2 is 1.90 bits per heavy atom. The van der Waals surface area contributed by atoms with Crippen LogP contribution in [0.5, 0.6) is 0 Å². The van der Waals surface area contributed by atoms with Gasteiger partial charge in [0, 0.05) is 24.1 Å². The summed E-state index contributed by atoms with van der Waals surface area (Å²) in [7, 11) is 0. The minimum atomic E-state index is 0.347. The van der Waals surface area contributed by atoms with Gasteiger partial charge < -0.3 is 10.6 Å². The zero-order valence-corrected chi connectivity index (χ0v) is 13.5. The Kier molecular flexibility index (Phi) is 4.84. The molecule has 1 heterocycles. The highest BCUT2D eigenvalue weighted by Gasteiger charge is 2.36. The molecule has 1 aromatic heterocycles. The molecule has 4 nitrogen and oxygen atoms in total. The van der Waals surface area contributed by atoms with Gasteiger partial charge in [-0.1, -0.05) is 34.1 Å². The number of hydrogen-bond acceptors (Lipinski definition) is 4. The van der Waals surface area contributed by atoms with Crippen molar-refractivity contribution < 1.29 is 0 Å². The van der Waals surface area contributed by atoms with Gasteiger partial charge in [-0.3, -0.25) is 0 Å². The van der Waals surface area contributed by atoms with Crippen molar-refractivity contribution in [3.05, 3.63) is 11.4 Å². The maximum Gasteiger partial charge on any atom is 0.135 e. The molecule has 1 aliphatic carbocycles. The third-order valence-corrected chi connectivity index (χ3v) is 3.99. The van der Waals surface area contributed by atoms with Crippen LogP contribution >= 0.6 is 0 Å². The smallest absolute Gasteiger partial charge is 0.135 e. The number of rotatable bonds is 7. The van der Waals surface area contributed by atoms with Crippen LogP contribution in [-0.4, -0.2) is 22.6 Å². The lowest BCUT2D eigenvalue weighted by molar-refractivity contribution is 0.757. The quantitative estimate of drug-likeness (QED) is 0.792. The minimum Gasteiger partial charge on any atom is -0.370 e. The van der Waals surface area contributed by atoms with Crippen molar-refractivity contribution >= 4 is 11.6 Å². The number of hydrogen-bond donors (Lipinski definition) is 2. The number of anilines is 2. The van der Waals surface area contributed by atoms with Gasteiger partial charge >= 0.3 is 0 Å². The largest absolute Gasteiger partial charge is 0.370 e. The molecule has 0 aliphatic heterocycles. The molecule has 1 fully saturated rings. The fraction of sp³-hybridized carbons (Fsp3) is 0.750. The third-order valence-electron chi connectivity index (χ3n) is 3.99. The molecule has 1 saturated carbocycles. The van der Waals surface area contributed by atoms with E-state index in [1.807, 2.05) is 0 Å². The molecular weight excluding hydrogens is 248 g/mol. The predicted molar refractivity (Wildman–Crippen MR) is 85.4 cm³/mol. The van der Waals surface area contributed by atoms with Gasteiger partial charge in [0.1, 0.15) is 17.5 Å². The molecule has 0 saturated heterocycles. The highest BCUT2D eigenvalue weighted by Crippen LogP contribution is 2.37. The maximum absolute atomic E-state index is 4.73. The van der Waals surface area contributed by atoms with Gasteiger partial charge in [0.15, 0.2) is 0 Å². The minimum absolute atomic E-state index is 0.347. The fourth-order valence-electron chi connectivity index (χ4n) is 2.40. The summed E-state index contributed by atoms with van der Waals surface area (Å²) in [5.74, 6) is 4.09. The molecule has 4 heteroatoms. The lowest BCUT2D eigenvalue weighted by Gasteiger charge is -2.16. The first-order valence-corrected chi connectivity index (χ1v) is 7.95. The van der Waals surface area contributed by atoms with E-state index in [1.165, 1.54) is 12.8 Å². The average Bonchev–Trinajstić information content (AvgIpc) is 3.17. The van der Waals surface area contributed by atoms with Crippen LogP contribution < -0.4 is 10.6 Å². The van der Waals surface area contributed by atoms with Gasteiger partial charge in [-0.2, -0.15) is 0 Å². The summed E-state index contributed by atoms with van der Waals surface area (Å²) < 4.78 is 0. The Morgan fingerprint density at radius 1 is 1.20 bits per heavy atom. The normalized spacial score (nSPS) is 21.1. The third kappa shape index (κ3) is 3.41. The van der Waals surface area contributed by atoms with Crippen molar-refractivity contribution in [2.75, 3.05) is 17.2 Å². The van der Waals surface area contributed by atoms with E-state index >= 15 is 0 Å². The van der Waals surface area contributed by atoms with E-state index in [0.29, 0.717) is 12.0 Å². The first kappa shape index (κ1) is 15.1. The molecule has 0 amide bonds. The average molecular weight is 276 g/mol. The Bertz CT molecular complexity index is 456. The first-order chi connectivity index (χ1) is 9.56. The second kappa shape index (κ2) is 6.42. The molecule has 0 aromatic carbocycles. The molecule has 2 unspecified atom stereocenters. The summed E-state index contributed by atoms with van der Waals surface area (Å²) in [5.41, 5.74) is 1.14. The summed E-state index contributed by atoms with van der Waals surface area (Å²) in [6.45, 7) is 11.8. The highest BCUT2D eigenvalue weighted by molar-refractivity contribution is 5.58. The number of nitrogens with one attached hydrogen (secondary N) is 2. The summed E-state index contributed by atoms with van der Waals surface area (Å²) in [6, 6.07) is 0.604. The van der Waals surface area contributed by atoms with Crippen LogP contribution in [0.4, 0.5) is 11.6 Å². The van der Waals surface area contributed by atoms with Crippen LogP contribution in [-0.2, 0) is 0 Å². The van der Waals surface area contributed by atoms with Crippen LogP contribution in [0.3, 0.4) is 0 Å². The summed E-state index contributed by atoms with van der Waals surface area (Å²) >= 11 is 0. The zero-order valence-electron chi connectivity index (χ0n) is 13.5. The molecule has 0 bridgehead atoms. The predicted octanol–water partition coefficient (Wildman–Crippen LogP) is 3.94. The van der Waals surface area contributed by atoms with Gasteiger partial charge in [0.05, 0.1) is 0 Å². The molecular formula is C16H28N4. The molecule has 2 N–H and O–H groups in total. The fourth-order valence-corrected chi connectivity index (χ4v) is 2.40. The van der Waals surface area contributed by atoms with Gasteiger partial charge in [0.2, 0.25) is 0 Å². The van der Waals surface area contributed by atoms with Crippen molar-refractivity contribution in [3.63, 3.8) is 0 Å². The van der Waals surface area contributed by atoms with E-state index in [0.717, 1.165) is 41.9 Å². The van der Waals surface area contributed by atoms with Gasteiger partial charge in [-0.15, -0.1) is 0 Å². The second-order valence-corrected chi connectivity index (χ2v) is 6.14. The molecule has 0 radical (unpaired) electrons. The van der Waals surface area contributed by atoms with Crippen LogP contribution in [0.15, 0.2) is 0 Å². The van der Waals surface area contributed by atoms with E-state index in [2.05, 4.69) is 50.2 Å². The summed E-state index contributed by atoms with van der Waals surface area (Å²) in [4.78, 5) is 9.40. The molecule has 1 aromatic rings. The van der Waals surface area contributed by atoms with E-state index < -0.39 is 0 Å². The van der Waals surface area contributed by atoms with Crippen LogP contribution in [0, 0.1) is 12.8 Å². The topological polar surface area (TPSA) is 49.8 Å². The van der Waals surface area contributed by atoms with Crippen molar-refractivity contribution in [2.24, 2.45) is 5.92 Å². The van der Waals surface area contributed by atoms with Crippen LogP contribution in [0.2, 0.25) is 0 Å². The van der Waals surface area contributed by atoms with E-state index in [1.54, 1.807) is 0 Å². The zero-order chi connectivity index (χ0) is 14.7. The molecule has 20 heavy (non-hydrogen) atoms. The Balaban J connectivity index is 2.21. The molecule has 0 spiro atoms. The maximum atomic E-state index is 4.73. The van der Waals surface area contributed by atoms with Crippen molar-refractivity contribution in [3.8, 4) is 0 Å². The summed E-state index contributed by atoms with van der Waals surface area (Å²) in [5, 5.41) is 7.03. The van der Waals surface area contributed by atoms with Crippen molar-refractivity contribution in [1.29, 1.82) is 0 Å². The lowest BCUT2D eigenvalue weighted by atomic mass is 10.2. The first-order valence-electron chi connectivity index (χ1n) is 7.95. The molecule has 2 atom stereocenters. The lowest BCUT2D eigenvalue weighted by Crippen LogP contribution is -2.14. The van der Waals surface area contributed by atoms with E-state index in [4.69, 9.17) is 4.98 Å². The molecule has 1 aliphatic rings. The van der Waals surface area contributed by atoms with Crippen molar-refractivity contribution in [2.45, 2.75) is 65.8 Å². The van der Waals surface area contributed by atoms with Crippen molar-refractivity contribution in [1.82, 2.24) is 9.97 Å². The van der Waals surface area contributed by atoms with E-state index in [-0.39, 0.29) is 0 Å². The number of aromatic nitrogens is 2. The van der Waals surface area contributed by atoms with Gasteiger partial charge in [-0.25, -0.2) is 9.97 Å². The number of nitrogens with zero attached hydrogens (tertiary/aromatic N) is 2.